The third-order valence-corrected chi connectivity index (χ3v) is 5.78. The van der Waals surface area contributed by atoms with Gasteiger partial charge in [-0.1, -0.05) is 18.2 Å². The summed E-state index contributed by atoms with van der Waals surface area (Å²) in [6.07, 6.45) is 1.87. The molecule has 2 aliphatic rings. The number of sulfone groups is 1. The molecule has 1 N–H and O–H groups in total. The van der Waals surface area contributed by atoms with Gasteiger partial charge in [-0.25, -0.2) is 8.42 Å². The second kappa shape index (κ2) is 3.31. The first kappa shape index (κ1) is 10.3. The number of rotatable bonds is 0. The third kappa shape index (κ3) is 1.33. The molecule has 3 nitrogen and oxygen atoms in total. The van der Waals surface area contributed by atoms with Gasteiger partial charge < -0.3 is 5.32 Å². The zero-order chi connectivity index (χ0) is 11.2. The van der Waals surface area contributed by atoms with Crippen LogP contribution in [0.3, 0.4) is 0 Å². The molecular weight excluding hydrogens is 222 g/mol. The molecule has 86 valence electrons. The summed E-state index contributed by atoms with van der Waals surface area (Å²) in [6.45, 7) is 1.84. The summed E-state index contributed by atoms with van der Waals surface area (Å²) in [7, 11) is -3.04. The van der Waals surface area contributed by atoms with Gasteiger partial charge in [0, 0.05) is 5.41 Å². The number of piperidine rings is 1. The van der Waals surface area contributed by atoms with E-state index in [9.17, 15) is 8.42 Å². The van der Waals surface area contributed by atoms with E-state index in [2.05, 4.69) is 5.32 Å². The highest BCUT2D eigenvalue weighted by Crippen LogP contribution is 2.44. The molecule has 0 bridgehead atoms. The van der Waals surface area contributed by atoms with Gasteiger partial charge in [0.2, 0.25) is 0 Å². The maximum Gasteiger partial charge on any atom is 0.179 e. The average Bonchev–Trinajstić information content (AvgIpc) is 2.50. The Hall–Kier alpha value is -0.870. The zero-order valence-corrected chi connectivity index (χ0v) is 9.89. The van der Waals surface area contributed by atoms with Crippen molar-refractivity contribution in [2.24, 2.45) is 0 Å². The van der Waals surface area contributed by atoms with E-state index in [1.807, 2.05) is 18.2 Å². The van der Waals surface area contributed by atoms with E-state index < -0.39 is 9.84 Å². The van der Waals surface area contributed by atoms with Gasteiger partial charge in [-0.2, -0.15) is 0 Å². The number of hydrogen-bond donors (Lipinski definition) is 1. The van der Waals surface area contributed by atoms with E-state index in [-0.39, 0.29) is 5.41 Å². The first-order chi connectivity index (χ1) is 7.64. The van der Waals surface area contributed by atoms with Crippen LogP contribution >= 0.6 is 0 Å². The first-order valence-electron chi connectivity index (χ1n) is 5.67. The van der Waals surface area contributed by atoms with Crippen molar-refractivity contribution < 1.29 is 8.42 Å². The van der Waals surface area contributed by atoms with Crippen LogP contribution in [0.5, 0.6) is 0 Å². The lowest BCUT2D eigenvalue weighted by Gasteiger charge is -2.33. The van der Waals surface area contributed by atoms with Crippen molar-refractivity contribution in [3.8, 4) is 0 Å². The molecule has 0 aromatic heterocycles. The number of nitrogens with one attached hydrogen (secondary N) is 1. The van der Waals surface area contributed by atoms with Crippen molar-refractivity contribution in [3.63, 3.8) is 0 Å². The van der Waals surface area contributed by atoms with Crippen molar-refractivity contribution in [2.45, 2.75) is 23.2 Å². The molecule has 1 fully saturated rings. The topological polar surface area (TPSA) is 46.2 Å². The maximum absolute atomic E-state index is 12.1. The molecule has 2 aliphatic heterocycles. The van der Waals surface area contributed by atoms with Crippen LogP contribution in [-0.4, -0.2) is 27.3 Å². The highest BCUT2D eigenvalue weighted by molar-refractivity contribution is 7.91. The Morgan fingerprint density at radius 3 is 2.56 bits per heavy atom. The van der Waals surface area contributed by atoms with E-state index >= 15 is 0 Å². The fourth-order valence-corrected chi connectivity index (χ4v) is 5.25. The van der Waals surface area contributed by atoms with E-state index in [4.69, 9.17) is 0 Å². The first-order valence-corrected chi connectivity index (χ1v) is 7.32. The summed E-state index contributed by atoms with van der Waals surface area (Å²) in [4.78, 5) is 0.567. The summed E-state index contributed by atoms with van der Waals surface area (Å²) in [5.74, 6) is 0.307. The molecule has 1 aromatic rings. The molecule has 0 radical (unpaired) electrons. The van der Waals surface area contributed by atoms with Crippen molar-refractivity contribution >= 4 is 9.84 Å². The van der Waals surface area contributed by atoms with Crippen LogP contribution in [0.2, 0.25) is 0 Å². The minimum atomic E-state index is -3.04. The van der Waals surface area contributed by atoms with Gasteiger partial charge in [0.25, 0.3) is 0 Å². The fraction of sp³-hybridized carbons (Fsp3) is 0.500. The van der Waals surface area contributed by atoms with Crippen LogP contribution < -0.4 is 5.32 Å². The minimum absolute atomic E-state index is 0.110. The van der Waals surface area contributed by atoms with E-state index in [0.717, 1.165) is 31.5 Å². The summed E-state index contributed by atoms with van der Waals surface area (Å²) in [5, 5.41) is 3.30. The van der Waals surface area contributed by atoms with Crippen molar-refractivity contribution in [1.29, 1.82) is 0 Å². The smallest absolute Gasteiger partial charge is 0.179 e. The van der Waals surface area contributed by atoms with Crippen LogP contribution in [0, 0.1) is 0 Å². The molecule has 3 rings (SSSR count). The van der Waals surface area contributed by atoms with Gasteiger partial charge in [0.1, 0.15) is 0 Å². The van der Waals surface area contributed by atoms with Crippen molar-refractivity contribution in [3.05, 3.63) is 29.8 Å². The number of benzene rings is 1. The van der Waals surface area contributed by atoms with E-state index in [1.165, 1.54) is 0 Å². The quantitative estimate of drug-likeness (QED) is 0.735. The largest absolute Gasteiger partial charge is 0.317 e. The van der Waals surface area contributed by atoms with Crippen LogP contribution in [-0.2, 0) is 15.3 Å². The SMILES string of the molecule is O=S1(=O)CC2(CCNCC2)c2ccccc21. The second-order valence-electron chi connectivity index (χ2n) is 4.79. The van der Waals surface area contributed by atoms with Gasteiger partial charge in [-0.3, -0.25) is 0 Å². The van der Waals surface area contributed by atoms with Crippen LogP contribution in [0.1, 0.15) is 18.4 Å². The summed E-state index contributed by atoms with van der Waals surface area (Å²) in [5.41, 5.74) is 0.942. The van der Waals surface area contributed by atoms with Gasteiger partial charge in [-0.05, 0) is 37.6 Å². The molecule has 1 aromatic carbocycles. The monoisotopic (exact) mass is 237 g/mol. The third-order valence-electron chi connectivity index (χ3n) is 3.82. The summed E-state index contributed by atoms with van der Waals surface area (Å²) >= 11 is 0. The normalized spacial score (nSPS) is 25.5. The van der Waals surface area contributed by atoms with Gasteiger partial charge in [0.15, 0.2) is 9.84 Å². The zero-order valence-electron chi connectivity index (χ0n) is 9.07. The van der Waals surface area contributed by atoms with Crippen LogP contribution in [0.25, 0.3) is 0 Å². The summed E-state index contributed by atoms with van der Waals surface area (Å²) < 4.78 is 24.2. The number of fused-ring (bicyclic) bond motifs is 2. The second-order valence-corrected chi connectivity index (χ2v) is 6.74. The standard InChI is InChI=1S/C12H15NO2S/c14-16(15)9-12(5-7-13-8-6-12)10-3-1-2-4-11(10)16/h1-4,13H,5-9H2. The number of hydrogen-bond acceptors (Lipinski definition) is 3. The molecule has 0 saturated carbocycles. The molecule has 0 aliphatic carbocycles. The lowest BCUT2D eigenvalue weighted by atomic mass is 9.75. The Labute approximate surface area is 95.8 Å². The molecule has 0 unspecified atom stereocenters. The van der Waals surface area contributed by atoms with E-state index in [0.29, 0.717) is 10.6 Å². The Kier molecular flexibility index (Phi) is 2.13. The Balaban J connectivity index is 2.19. The lowest BCUT2D eigenvalue weighted by Crippen LogP contribution is -2.41. The predicted molar refractivity (Wildman–Crippen MR) is 62.3 cm³/mol. The van der Waals surface area contributed by atoms with Crippen molar-refractivity contribution in [2.75, 3.05) is 18.8 Å². The molecule has 1 saturated heterocycles. The minimum Gasteiger partial charge on any atom is -0.317 e. The predicted octanol–water partition coefficient (Wildman–Crippen LogP) is 1.10. The van der Waals surface area contributed by atoms with Crippen LogP contribution in [0.15, 0.2) is 29.2 Å². The molecular formula is C12H15NO2S. The highest BCUT2D eigenvalue weighted by atomic mass is 32.2. The van der Waals surface area contributed by atoms with Gasteiger partial charge in [0.05, 0.1) is 10.6 Å². The highest BCUT2D eigenvalue weighted by Gasteiger charge is 2.46. The van der Waals surface area contributed by atoms with Crippen LogP contribution in [0.4, 0.5) is 0 Å². The molecule has 1 spiro atoms. The molecule has 2 heterocycles. The fourth-order valence-electron chi connectivity index (χ4n) is 3.01. The van der Waals surface area contributed by atoms with E-state index in [1.54, 1.807) is 6.07 Å². The average molecular weight is 237 g/mol. The molecule has 0 atom stereocenters. The molecule has 16 heavy (non-hydrogen) atoms. The molecule has 4 heteroatoms. The Morgan fingerprint density at radius 1 is 1.12 bits per heavy atom. The Bertz CT molecular complexity index is 516. The Morgan fingerprint density at radius 2 is 1.81 bits per heavy atom. The van der Waals surface area contributed by atoms with Gasteiger partial charge >= 0.3 is 0 Å². The van der Waals surface area contributed by atoms with Crippen molar-refractivity contribution in [1.82, 2.24) is 5.32 Å². The molecule has 0 amide bonds. The maximum atomic E-state index is 12.1. The lowest BCUT2D eigenvalue weighted by molar-refractivity contribution is 0.341. The van der Waals surface area contributed by atoms with Gasteiger partial charge in [-0.15, -0.1) is 0 Å². The summed E-state index contributed by atoms with van der Waals surface area (Å²) in [6, 6.07) is 7.51.